The van der Waals surface area contributed by atoms with Gasteiger partial charge in [-0.1, -0.05) is 70.2 Å². The van der Waals surface area contributed by atoms with E-state index in [1.54, 1.807) is 17.2 Å². The molecule has 0 unspecified atom stereocenters. The molecule has 2 heterocycles. The second-order valence-electron chi connectivity index (χ2n) is 9.31. The van der Waals surface area contributed by atoms with Gasteiger partial charge in [-0.05, 0) is 42.4 Å². The zero-order valence-corrected chi connectivity index (χ0v) is 18.9. The molecule has 1 N–H and O–H groups in total. The SMILES string of the molecule is CC(C)[C@H]1COC(=O)N1c1ccnc(N[C@@H](C)c2ccc(CC3CCCCC3)cc2)n1. The standard InChI is InChI=1S/C25H34N4O2/c1-17(2)22-16-31-25(30)29(22)23-13-14-26-24(28-23)27-18(3)21-11-9-20(10-12-21)15-19-7-5-4-6-8-19/h9-14,17-19,22H,4-8,15-16H2,1-3H3,(H,26,27,28)/t18-,22+/m0/s1. The van der Waals surface area contributed by atoms with Crippen LogP contribution in [0, 0.1) is 11.8 Å². The van der Waals surface area contributed by atoms with Crippen LogP contribution in [0.2, 0.25) is 0 Å². The molecular formula is C25H34N4O2. The third-order valence-electron chi connectivity index (χ3n) is 6.64. The van der Waals surface area contributed by atoms with Crippen molar-refractivity contribution in [2.75, 3.05) is 16.8 Å². The van der Waals surface area contributed by atoms with Gasteiger partial charge in [0.15, 0.2) is 0 Å². The summed E-state index contributed by atoms with van der Waals surface area (Å²) < 4.78 is 5.26. The molecule has 0 spiro atoms. The number of nitrogens with zero attached hydrogens (tertiary/aromatic N) is 3. The first-order chi connectivity index (χ1) is 15.0. The number of hydrogen-bond donors (Lipinski definition) is 1. The highest BCUT2D eigenvalue weighted by Gasteiger charge is 2.37. The third-order valence-corrected chi connectivity index (χ3v) is 6.64. The Morgan fingerprint density at radius 3 is 2.55 bits per heavy atom. The number of rotatable bonds is 7. The van der Waals surface area contributed by atoms with Crippen molar-refractivity contribution in [2.24, 2.45) is 11.8 Å². The molecule has 1 aliphatic heterocycles. The van der Waals surface area contributed by atoms with Crippen molar-refractivity contribution < 1.29 is 9.53 Å². The largest absolute Gasteiger partial charge is 0.447 e. The van der Waals surface area contributed by atoms with Crippen LogP contribution in [-0.2, 0) is 11.2 Å². The predicted octanol–water partition coefficient (Wildman–Crippen LogP) is 5.75. The fraction of sp³-hybridized carbons (Fsp3) is 0.560. The highest BCUT2D eigenvalue weighted by molar-refractivity contribution is 5.89. The number of hydrogen-bond acceptors (Lipinski definition) is 5. The minimum Gasteiger partial charge on any atom is -0.447 e. The van der Waals surface area contributed by atoms with Crippen LogP contribution in [0.1, 0.15) is 70.0 Å². The molecular weight excluding hydrogens is 388 g/mol. The molecule has 1 amide bonds. The molecule has 2 fully saturated rings. The minimum atomic E-state index is -0.343. The van der Waals surface area contributed by atoms with E-state index < -0.39 is 0 Å². The molecule has 1 saturated heterocycles. The number of aromatic nitrogens is 2. The molecule has 1 saturated carbocycles. The first-order valence-corrected chi connectivity index (χ1v) is 11.7. The lowest BCUT2D eigenvalue weighted by Gasteiger charge is -2.24. The molecule has 1 aromatic carbocycles. The molecule has 0 radical (unpaired) electrons. The topological polar surface area (TPSA) is 67.3 Å². The highest BCUT2D eigenvalue weighted by atomic mass is 16.6. The van der Waals surface area contributed by atoms with Crippen molar-refractivity contribution in [1.29, 1.82) is 0 Å². The van der Waals surface area contributed by atoms with Crippen LogP contribution in [0.4, 0.5) is 16.6 Å². The molecule has 4 rings (SSSR count). The zero-order chi connectivity index (χ0) is 21.8. The number of carbonyl (C=O) groups excluding carboxylic acids is 1. The Hall–Kier alpha value is -2.63. The number of amides is 1. The van der Waals surface area contributed by atoms with Crippen molar-refractivity contribution in [1.82, 2.24) is 9.97 Å². The first-order valence-electron chi connectivity index (χ1n) is 11.7. The molecule has 31 heavy (non-hydrogen) atoms. The summed E-state index contributed by atoms with van der Waals surface area (Å²) in [6.07, 6.45) is 9.45. The maximum atomic E-state index is 12.2. The quantitative estimate of drug-likeness (QED) is 0.615. The van der Waals surface area contributed by atoms with Crippen LogP contribution < -0.4 is 10.2 Å². The Morgan fingerprint density at radius 1 is 1.10 bits per heavy atom. The van der Waals surface area contributed by atoms with Gasteiger partial charge >= 0.3 is 6.09 Å². The number of cyclic esters (lactones) is 1. The molecule has 6 heteroatoms. The highest BCUT2D eigenvalue weighted by Crippen LogP contribution is 2.28. The number of benzene rings is 1. The van der Waals surface area contributed by atoms with Crippen LogP contribution in [0.25, 0.3) is 0 Å². The van der Waals surface area contributed by atoms with E-state index in [-0.39, 0.29) is 24.1 Å². The van der Waals surface area contributed by atoms with Gasteiger partial charge in [0.05, 0.1) is 12.1 Å². The summed E-state index contributed by atoms with van der Waals surface area (Å²) in [7, 11) is 0. The van der Waals surface area contributed by atoms with E-state index in [1.807, 2.05) is 0 Å². The zero-order valence-electron chi connectivity index (χ0n) is 18.9. The van der Waals surface area contributed by atoms with Crippen molar-refractivity contribution in [3.8, 4) is 0 Å². The van der Waals surface area contributed by atoms with E-state index >= 15 is 0 Å². The summed E-state index contributed by atoms with van der Waals surface area (Å²) >= 11 is 0. The van der Waals surface area contributed by atoms with Gasteiger partial charge in [0.25, 0.3) is 0 Å². The fourth-order valence-electron chi connectivity index (χ4n) is 4.69. The Kier molecular flexibility index (Phi) is 6.73. The molecule has 2 aliphatic rings. The Labute approximate surface area is 185 Å². The average molecular weight is 423 g/mol. The molecule has 2 aromatic rings. The number of anilines is 2. The van der Waals surface area contributed by atoms with E-state index in [0.29, 0.717) is 18.4 Å². The van der Waals surface area contributed by atoms with Crippen LogP contribution in [-0.4, -0.2) is 28.7 Å². The van der Waals surface area contributed by atoms with Crippen LogP contribution >= 0.6 is 0 Å². The van der Waals surface area contributed by atoms with Gasteiger partial charge in [0.2, 0.25) is 5.95 Å². The van der Waals surface area contributed by atoms with Crippen LogP contribution in [0.15, 0.2) is 36.5 Å². The maximum Gasteiger partial charge on any atom is 0.415 e. The number of nitrogens with one attached hydrogen (secondary N) is 1. The molecule has 166 valence electrons. The molecule has 2 atom stereocenters. The van der Waals surface area contributed by atoms with Gasteiger partial charge in [-0.25, -0.2) is 9.78 Å². The van der Waals surface area contributed by atoms with Gasteiger partial charge in [-0.2, -0.15) is 4.98 Å². The van der Waals surface area contributed by atoms with E-state index in [2.05, 4.69) is 60.3 Å². The smallest absolute Gasteiger partial charge is 0.415 e. The molecule has 1 aliphatic carbocycles. The summed E-state index contributed by atoms with van der Waals surface area (Å²) in [5.74, 6) is 2.22. The fourth-order valence-corrected chi connectivity index (χ4v) is 4.69. The van der Waals surface area contributed by atoms with Crippen LogP contribution in [0.3, 0.4) is 0 Å². The molecule has 0 bridgehead atoms. The van der Waals surface area contributed by atoms with E-state index in [4.69, 9.17) is 4.74 Å². The second-order valence-corrected chi connectivity index (χ2v) is 9.31. The monoisotopic (exact) mass is 422 g/mol. The summed E-state index contributed by atoms with van der Waals surface area (Å²) in [5.41, 5.74) is 2.62. The molecule has 6 nitrogen and oxygen atoms in total. The number of carbonyl (C=O) groups is 1. The average Bonchev–Trinajstić information content (AvgIpc) is 3.17. The van der Waals surface area contributed by atoms with Gasteiger partial charge in [0, 0.05) is 6.20 Å². The summed E-state index contributed by atoms with van der Waals surface area (Å²) in [4.78, 5) is 22.8. The lowest BCUT2D eigenvalue weighted by molar-refractivity contribution is 0.177. The van der Waals surface area contributed by atoms with Gasteiger partial charge < -0.3 is 10.1 Å². The first kappa shape index (κ1) is 21.6. The Balaban J connectivity index is 1.41. The van der Waals surface area contributed by atoms with Gasteiger partial charge in [-0.3, -0.25) is 4.90 Å². The van der Waals surface area contributed by atoms with Crippen LogP contribution in [0.5, 0.6) is 0 Å². The van der Waals surface area contributed by atoms with Crippen molar-refractivity contribution in [2.45, 2.75) is 71.4 Å². The minimum absolute atomic E-state index is 0.00983. The Bertz CT molecular complexity index is 877. The summed E-state index contributed by atoms with van der Waals surface area (Å²) in [6.45, 7) is 6.67. The van der Waals surface area contributed by atoms with Crippen molar-refractivity contribution in [3.63, 3.8) is 0 Å². The van der Waals surface area contributed by atoms with Crippen molar-refractivity contribution in [3.05, 3.63) is 47.7 Å². The van der Waals surface area contributed by atoms with E-state index in [9.17, 15) is 4.79 Å². The lowest BCUT2D eigenvalue weighted by Crippen LogP contribution is -2.37. The Morgan fingerprint density at radius 2 is 1.84 bits per heavy atom. The third kappa shape index (κ3) is 5.17. The van der Waals surface area contributed by atoms with Crippen molar-refractivity contribution >= 4 is 17.9 Å². The van der Waals surface area contributed by atoms with E-state index in [1.165, 1.54) is 49.7 Å². The maximum absolute atomic E-state index is 12.2. The van der Waals surface area contributed by atoms with Gasteiger partial charge in [-0.15, -0.1) is 0 Å². The van der Waals surface area contributed by atoms with Gasteiger partial charge in [0.1, 0.15) is 12.4 Å². The lowest BCUT2D eigenvalue weighted by atomic mass is 9.85. The normalized spacial score (nSPS) is 20.7. The second kappa shape index (κ2) is 9.67. The summed E-state index contributed by atoms with van der Waals surface area (Å²) in [6, 6.07) is 10.7. The summed E-state index contributed by atoms with van der Waals surface area (Å²) in [5, 5.41) is 3.38. The number of ether oxygens (including phenoxy) is 1. The predicted molar refractivity (Wildman–Crippen MR) is 123 cm³/mol. The van der Waals surface area contributed by atoms with E-state index in [0.717, 1.165) is 5.92 Å². The molecule has 1 aromatic heterocycles.